The number of H-pyrrole nitrogens is 1. The molecule has 0 bridgehead atoms. The number of ether oxygens (including phenoxy) is 1. The number of aromatic nitrogens is 2. The Kier molecular flexibility index (Phi) is 6.49. The Balaban J connectivity index is 2.25. The van der Waals surface area contributed by atoms with E-state index in [2.05, 4.69) is 37.9 Å². The van der Waals surface area contributed by atoms with Gasteiger partial charge in [-0.05, 0) is 24.5 Å². The number of imidazole rings is 1. The monoisotopic (exact) mass is 320 g/mol. The first-order valence-electron chi connectivity index (χ1n) is 7.70. The summed E-state index contributed by atoms with van der Waals surface area (Å²) >= 11 is 1.69. The summed E-state index contributed by atoms with van der Waals surface area (Å²) in [5.41, 5.74) is 1.06. The number of hydrogen-bond acceptors (Lipinski definition) is 4. The lowest BCUT2D eigenvalue weighted by Gasteiger charge is -2.12. The highest BCUT2D eigenvalue weighted by atomic mass is 32.2. The SMILES string of the molecule is CCC(OCCO)c1nc(C(C)C)c(Sc2ccccc2)[nH]1. The van der Waals surface area contributed by atoms with Crippen LogP contribution in [-0.2, 0) is 4.74 Å². The third-order valence-corrected chi connectivity index (χ3v) is 4.33. The van der Waals surface area contributed by atoms with Crippen molar-refractivity contribution < 1.29 is 9.84 Å². The Morgan fingerprint density at radius 2 is 2.00 bits per heavy atom. The number of hydrogen-bond donors (Lipinski definition) is 2. The first-order valence-corrected chi connectivity index (χ1v) is 8.52. The lowest BCUT2D eigenvalue weighted by molar-refractivity contribution is 0.0211. The van der Waals surface area contributed by atoms with Crippen molar-refractivity contribution in [1.29, 1.82) is 0 Å². The van der Waals surface area contributed by atoms with Crippen molar-refractivity contribution in [3.05, 3.63) is 41.9 Å². The molecule has 0 spiro atoms. The van der Waals surface area contributed by atoms with E-state index in [0.29, 0.717) is 12.5 Å². The van der Waals surface area contributed by atoms with E-state index in [0.717, 1.165) is 23.0 Å². The van der Waals surface area contributed by atoms with Gasteiger partial charge < -0.3 is 14.8 Å². The Hall–Kier alpha value is -1.30. The van der Waals surface area contributed by atoms with Gasteiger partial charge in [0, 0.05) is 4.90 Å². The first kappa shape index (κ1) is 17.1. The Morgan fingerprint density at radius 3 is 2.59 bits per heavy atom. The molecule has 0 radical (unpaired) electrons. The summed E-state index contributed by atoms with van der Waals surface area (Å²) in [4.78, 5) is 9.35. The van der Waals surface area contributed by atoms with Gasteiger partial charge in [0.05, 0.1) is 18.9 Å². The van der Waals surface area contributed by atoms with Crippen molar-refractivity contribution in [2.45, 2.75) is 49.1 Å². The second-order valence-corrected chi connectivity index (χ2v) is 6.48. The minimum absolute atomic E-state index is 0.0276. The Bertz CT molecular complexity index is 569. The van der Waals surface area contributed by atoms with Crippen LogP contribution in [0.2, 0.25) is 0 Å². The van der Waals surface area contributed by atoms with Gasteiger partial charge in [0.25, 0.3) is 0 Å². The fourth-order valence-corrected chi connectivity index (χ4v) is 3.27. The van der Waals surface area contributed by atoms with Gasteiger partial charge >= 0.3 is 0 Å². The van der Waals surface area contributed by atoms with Crippen LogP contribution in [0.4, 0.5) is 0 Å². The lowest BCUT2D eigenvalue weighted by Crippen LogP contribution is -2.08. The molecular formula is C17H24N2O2S. The van der Waals surface area contributed by atoms with Crippen molar-refractivity contribution in [3.8, 4) is 0 Å². The highest BCUT2D eigenvalue weighted by molar-refractivity contribution is 7.99. The maximum Gasteiger partial charge on any atom is 0.136 e. The van der Waals surface area contributed by atoms with Gasteiger partial charge in [-0.3, -0.25) is 0 Å². The van der Waals surface area contributed by atoms with Crippen LogP contribution in [0, 0.1) is 0 Å². The second-order valence-electron chi connectivity index (χ2n) is 5.40. The predicted molar refractivity (Wildman–Crippen MR) is 89.3 cm³/mol. The maximum absolute atomic E-state index is 8.94. The largest absolute Gasteiger partial charge is 0.394 e. The molecule has 0 aliphatic heterocycles. The van der Waals surface area contributed by atoms with Gasteiger partial charge in [0.1, 0.15) is 17.0 Å². The van der Waals surface area contributed by atoms with E-state index < -0.39 is 0 Å². The van der Waals surface area contributed by atoms with E-state index in [-0.39, 0.29) is 12.7 Å². The molecule has 0 saturated carbocycles. The van der Waals surface area contributed by atoms with Gasteiger partial charge in [-0.2, -0.15) is 0 Å². The van der Waals surface area contributed by atoms with Crippen LogP contribution < -0.4 is 0 Å². The molecule has 2 aromatic rings. The van der Waals surface area contributed by atoms with Crippen LogP contribution in [0.1, 0.15) is 50.7 Å². The minimum Gasteiger partial charge on any atom is -0.394 e. The van der Waals surface area contributed by atoms with Gasteiger partial charge in [-0.15, -0.1) is 0 Å². The zero-order chi connectivity index (χ0) is 15.9. The van der Waals surface area contributed by atoms with E-state index in [1.165, 1.54) is 4.90 Å². The molecule has 2 rings (SSSR count). The number of aliphatic hydroxyl groups excluding tert-OH is 1. The molecule has 1 unspecified atom stereocenters. The molecule has 5 heteroatoms. The molecule has 22 heavy (non-hydrogen) atoms. The standard InChI is InChI=1S/C17H24N2O2S/c1-4-14(21-11-10-20)16-18-15(12(2)3)17(19-16)22-13-8-6-5-7-9-13/h5-9,12,14,20H,4,10-11H2,1-3H3,(H,18,19). The van der Waals surface area contributed by atoms with Crippen LogP contribution in [-0.4, -0.2) is 28.3 Å². The summed E-state index contributed by atoms with van der Waals surface area (Å²) in [5, 5.41) is 10.0. The molecule has 1 aromatic heterocycles. The third kappa shape index (κ3) is 4.35. The minimum atomic E-state index is -0.102. The summed E-state index contributed by atoms with van der Waals surface area (Å²) in [6, 6.07) is 10.3. The Morgan fingerprint density at radius 1 is 1.27 bits per heavy atom. The summed E-state index contributed by atoms with van der Waals surface area (Å²) < 4.78 is 5.67. The normalized spacial score (nSPS) is 12.8. The highest BCUT2D eigenvalue weighted by Gasteiger charge is 2.20. The number of benzene rings is 1. The number of nitrogens with one attached hydrogen (secondary N) is 1. The van der Waals surface area contributed by atoms with Gasteiger partial charge in [0.2, 0.25) is 0 Å². The number of nitrogens with zero attached hydrogens (tertiary/aromatic N) is 1. The smallest absolute Gasteiger partial charge is 0.136 e. The number of aromatic amines is 1. The molecule has 1 atom stereocenters. The van der Waals surface area contributed by atoms with Gasteiger partial charge in [-0.25, -0.2) is 4.98 Å². The van der Waals surface area contributed by atoms with Crippen LogP contribution in [0.15, 0.2) is 40.3 Å². The first-order chi connectivity index (χ1) is 10.7. The molecule has 0 amide bonds. The molecule has 1 aromatic carbocycles. The van der Waals surface area contributed by atoms with E-state index in [9.17, 15) is 0 Å². The van der Waals surface area contributed by atoms with Crippen molar-refractivity contribution in [3.63, 3.8) is 0 Å². The average molecular weight is 320 g/mol. The molecule has 120 valence electrons. The van der Waals surface area contributed by atoms with Crippen LogP contribution in [0.3, 0.4) is 0 Å². The lowest BCUT2D eigenvalue weighted by atomic mass is 10.1. The van der Waals surface area contributed by atoms with Crippen LogP contribution in [0.5, 0.6) is 0 Å². The molecular weight excluding hydrogens is 296 g/mol. The second kappa shape index (κ2) is 8.36. The zero-order valence-electron chi connectivity index (χ0n) is 13.4. The van der Waals surface area contributed by atoms with Crippen LogP contribution in [0.25, 0.3) is 0 Å². The van der Waals surface area contributed by atoms with E-state index in [1.807, 2.05) is 18.2 Å². The topological polar surface area (TPSA) is 58.1 Å². The summed E-state index contributed by atoms with van der Waals surface area (Å²) in [7, 11) is 0. The van der Waals surface area contributed by atoms with Crippen molar-refractivity contribution in [2.75, 3.05) is 13.2 Å². The van der Waals surface area contributed by atoms with Crippen molar-refractivity contribution in [2.24, 2.45) is 0 Å². The van der Waals surface area contributed by atoms with Crippen molar-refractivity contribution >= 4 is 11.8 Å². The third-order valence-electron chi connectivity index (χ3n) is 3.31. The average Bonchev–Trinajstić information content (AvgIpc) is 2.93. The highest BCUT2D eigenvalue weighted by Crippen LogP contribution is 2.34. The molecule has 0 fully saturated rings. The molecule has 0 aliphatic rings. The summed E-state index contributed by atoms with van der Waals surface area (Å²) in [6.45, 7) is 6.70. The fourth-order valence-electron chi connectivity index (χ4n) is 2.20. The van der Waals surface area contributed by atoms with E-state index >= 15 is 0 Å². The maximum atomic E-state index is 8.94. The number of aliphatic hydroxyl groups is 1. The van der Waals surface area contributed by atoms with Gasteiger partial charge in [0.15, 0.2) is 0 Å². The van der Waals surface area contributed by atoms with Crippen LogP contribution >= 0.6 is 11.8 Å². The quantitative estimate of drug-likeness (QED) is 0.767. The van der Waals surface area contributed by atoms with Gasteiger partial charge in [-0.1, -0.05) is 50.7 Å². The molecule has 4 nitrogen and oxygen atoms in total. The molecule has 0 aliphatic carbocycles. The number of rotatable bonds is 8. The molecule has 0 saturated heterocycles. The zero-order valence-corrected chi connectivity index (χ0v) is 14.2. The Labute approximate surface area is 136 Å². The van der Waals surface area contributed by atoms with E-state index in [1.54, 1.807) is 11.8 Å². The molecule has 2 N–H and O–H groups in total. The van der Waals surface area contributed by atoms with Crippen molar-refractivity contribution in [1.82, 2.24) is 9.97 Å². The van der Waals surface area contributed by atoms with E-state index in [4.69, 9.17) is 14.8 Å². The summed E-state index contributed by atoms with van der Waals surface area (Å²) in [5.74, 6) is 1.18. The predicted octanol–water partition coefficient (Wildman–Crippen LogP) is 4.14. The fraction of sp³-hybridized carbons (Fsp3) is 0.471. The summed E-state index contributed by atoms with van der Waals surface area (Å²) in [6.07, 6.45) is 0.718. The molecule has 1 heterocycles.